The molecular weight excluding hydrogens is 280 g/mol. The third-order valence-electron chi connectivity index (χ3n) is 4.00. The van der Waals surface area contributed by atoms with Crippen LogP contribution in [0.2, 0.25) is 0 Å². The third-order valence-corrected chi connectivity index (χ3v) is 4.00. The molecule has 0 fully saturated rings. The van der Waals surface area contributed by atoms with Crippen molar-refractivity contribution in [2.75, 3.05) is 6.61 Å². The van der Waals surface area contributed by atoms with E-state index in [1.54, 1.807) is 18.4 Å². The van der Waals surface area contributed by atoms with Crippen LogP contribution in [0.5, 0.6) is 5.75 Å². The van der Waals surface area contributed by atoms with Gasteiger partial charge in [0.15, 0.2) is 0 Å². The van der Waals surface area contributed by atoms with E-state index in [9.17, 15) is 9.90 Å². The lowest BCUT2D eigenvalue weighted by Crippen LogP contribution is -2.18. The number of aromatic carboxylic acids is 1. The fourth-order valence-electron chi connectivity index (χ4n) is 2.64. The maximum absolute atomic E-state index is 11.4. The molecule has 0 radical (unpaired) electrons. The Bertz CT molecular complexity index is 548. The normalized spacial score (nSPS) is 17.1. The first-order chi connectivity index (χ1) is 10.6. The summed E-state index contributed by atoms with van der Waals surface area (Å²) in [7, 11) is 0. The molecule has 120 valence electrons. The Morgan fingerprint density at radius 2 is 2.27 bits per heavy atom. The topological polar surface area (TPSA) is 55.8 Å². The maximum atomic E-state index is 11.4. The van der Waals surface area contributed by atoms with Crippen LogP contribution in [0.3, 0.4) is 0 Å². The van der Waals surface area contributed by atoms with Gasteiger partial charge in [0.25, 0.3) is 0 Å². The van der Waals surface area contributed by atoms with Gasteiger partial charge in [-0.25, -0.2) is 4.79 Å². The number of unbranched alkanes of at least 4 members (excludes halogenated alkanes) is 1. The SMILES string of the molecule is CCCCOc1ccc(C(=O)O)c(C)c1CC1CCC=CO1. The van der Waals surface area contributed by atoms with Crippen molar-refractivity contribution in [3.05, 3.63) is 41.2 Å². The Morgan fingerprint density at radius 3 is 2.91 bits per heavy atom. The summed E-state index contributed by atoms with van der Waals surface area (Å²) in [6.07, 6.45) is 8.51. The summed E-state index contributed by atoms with van der Waals surface area (Å²) in [6, 6.07) is 3.41. The molecule has 0 aromatic heterocycles. The molecule has 1 aromatic carbocycles. The van der Waals surface area contributed by atoms with Crippen LogP contribution < -0.4 is 4.74 Å². The first-order valence-electron chi connectivity index (χ1n) is 7.92. The van der Waals surface area contributed by atoms with Crippen molar-refractivity contribution in [1.82, 2.24) is 0 Å². The molecule has 4 heteroatoms. The summed E-state index contributed by atoms with van der Waals surface area (Å²) < 4.78 is 11.5. The number of hydrogen-bond donors (Lipinski definition) is 1. The van der Waals surface area contributed by atoms with E-state index in [2.05, 4.69) is 6.92 Å². The number of ether oxygens (including phenoxy) is 2. The minimum atomic E-state index is -0.900. The van der Waals surface area contributed by atoms with Crippen LogP contribution in [0.1, 0.15) is 54.1 Å². The Hall–Kier alpha value is -1.97. The number of benzene rings is 1. The van der Waals surface area contributed by atoms with Crippen molar-refractivity contribution >= 4 is 5.97 Å². The number of allylic oxidation sites excluding steroid dienone is 1. The number of carbonyl (C=O) groups is 1. The zero-order chi connectivity index (χ0) is 15.9. The summed E-state index contributed by atoms with van der Waals surface area (Å²) >= 11 is 0. The monoisotopic (exact) mass is 304 g/mol. The Balaban J connectivity index is 2.25. The van der Waals surface area contributed by atoms with Crippen LogP contribution in [0, 0.1) is 6.92 Å². The Labute approximate surface area is 131 Å². The van der Waals surface area contributed by atoms with E-state index < -0.39 is 5.97 Å². The van der Waals surface area contributed by atoms with Gasteiger partial charge in [-0.15, -0.1) is 0 Å². The zero-order valence-electron chi connectivity index (χ0n) is 13.3. The van der Waals surface area contributed by atoms with Crippen LogP contribution in [-0.4, -0.2) is 23.8 Å². The van der Waals surface area contributed by atoms with Gasteiger partial charge in [-0.1, -0.05) is 13.3 Å². The molecule has 1 heterocycles. The molecule has 2 rings (SSSR count). The second kappa shape index (κ2) is 7.87. The van der Waals surface area contributed by atoms with Crippen LogP contribution in [0.4, 0.5) is 0 Å². The highest BCUT2D eigenvalue weighted by Crippen LogP contribution is 2.29. The van der Waals surface area contributed by atoms with Crippen LogP contribution in [0.25, 0.3) is 0 Å². The van der Waals surface area contributed by atoms with Gasteiger partial charge >= 0.3 is 5.97 Å². The molecule has 1 aliphatic rings. The summed E-state index contributed by atoms with van der Waals surface area (Å²) in [4.78, 5) is 11.4. The summed E-state index contributed by atoms with van der Waals surface area (Å²) in [6.45, 7) is 4.62. The average Bonchev–Trinajstić information content (AvgIpc) is 2.51. The highest BCUT2D eigenvalue weighted by molar-refractivity contribution is 5.90. The maximum Gasteiger partial charge on any atom is 0.335 e. The predicted molar refractivity (Wildman–Crippen MR) is 85.5 cm³/mol. The molecule has 0 spiro atoms. The molecule has 1 aliphatic heterocycles. The van der Waals surface area contributed by atoms with Crippen molar-refractivity contribution in [2.45, 2.75) is 52.1 Å². The standard InChI is InChI=1S/C18H24O4/c1-3-4-10-22-17-9-8-15(18(19)20)13(2)16(17)12-14-7-5-6-11-21-14/h6,8-9,11,14H,3-5,7,10,12H2,1-2H3,(H,19,20). The summed E-state index contributed by atoms with van der Waals surface area (Å²) in [5.74, 6) is -0.114. The molecule has 0 saturated heterocycles. The van der Waals surface area contributed by atoms with Crippen molar-refractivity contribution in [1.29, 1.82) is 0 Å². The predicted octanol–water partition coefficient (Wildman–Crippen LogP) is 4.11. The minimum absolute atomic E-state index is 0.0845. The molecular formula is C18H24O4. The Morgan fingerprint density at radius 1 is 1.45 bits per heavy atom. The molecule has 0 amide bonds. The fraction of sp³-hybridized carbons (Fsp3) is 0.500. The van der Waals surface area contributed by atoms with Gasteiger partial charge < -0.3 is 14.6 Å². The molecule has 22 heavy (non-hydrogen) atoms. The van der Waals surface area contributed by atoms with Gasteiger partial charge in [0.05, 0.1) is 18.4 Å². The minimum Gasteiger partial charge on any atom is -0.498 e. The molecule has 0 aliphatic carbocycles. The largest absolute Gasteiger partial charge is 0.498 e. The van der Waals surface area contributed by atoms with Gasteiger partial charge in [-0.3, -0.25) is 0 Å². The Kier molecular flexibility index (Phi) is 5.87. The van der Waals surface area contributed by atoms with E-state index in [4.69, 9.17) is 9.47 Å². The number of rotatable bonds is 7. The number of hydrogen-bond acceptors (Lipinski definition) is 3. The van der Waals surface area contributed by atoms with E-state index in [0.29, 0.717) is 18.6 Å². The zero-order valence-corrected chi connectivity index (χ0v) is 13.3. The average molecular weight is 304 g/mol. The molecule has 4 nitrogen and oxygen atoms in total. The molecule has 1 N–H and O–H groups in total. The number of carboxylic acids is 1. The van der Waals surface area contributed by atoms with E-state index >= 15 is 0 Å². The first kappa shape index (κ1) is 16.4. The molecule has 0 bridgehead atoms. The van der Waals surface area contributed by atoms with Crippen molar-refractivity contribution in [2.24, 2.45) is 0 Å². The van der Waals surface area contributed by atoms with E-state index in [1.807, 2.05) is 13.0 Å². The fourth-order valence-corrected chi connectivity index (χ4v) is 2.64. The van der Waals surface area contributed by atoms with Gasteiger partial charge in [0, 0.05) is 12.0 Å². The molecule has 0 saturated carbocycles. The smallest absolute Gasteiger partial charge is 0.335 e. The first-order valence-corrected chi connectivity index (χ1v) is 7.92. The van der Waals surface area contributed by atoms with Crippen molar-refractivity contribution < 1.29 is 19.4 Å². The second-order valence-corrected chi connectivity index (χ2v) is 5.63. The highest BCUT2D eigenvalue weighted by atomic mass is 16.5. The van der Waals surface area contributed by atoms with Crippen LogP contribution in [0.15, 0.2) is 24.5 Å². The summed E-state index contributed by atoms with van der Waals surface area (Å²) in [5.41, 5.74) is 2.07. The molecule has 1 unspecified atom stereocenters. The summed E-state index contributed by atoms with van der Waals surface area (Å²) in [5, 5.41) is 9.32. The van der Waals surface area contributed by atoms with Gasteiger partial charge in [-0.2, -0.15) is 0 Å². The third kappa shape index (κ3) is 4.03. The van der Waals surface area contributed by atoms with E-state index in [-0.39, 0.29) is 6.10 Å². The van der Waals surface area contributed by atoms with E-state index in [0.717, 1.165) is 42.6 Å². The number of carboxylic acid groups (broad SMARTS) is 1. The van der Waals surface area contributed by atoms with Gasteiger partial charge in [0.1, 0.15) is 11.9 Å². The highest BCUT2D eigenvalue weighted by Gasteiger charge is 2.20. The lowest BCUT2D eigenvalue weighted by molar-refractivity contribution is 0.0695. The van der Waals surface area contributed by atoms with E-state index in [1.165, 1.54) is 0 Å². The molecule has 1 atom stereocenters. The van der Waals surface area contributed by atoms with Crippen LogP contribution >= 0.6 is 0 Å². The second-order valence-electron chi connectivity index (χ2n) is 5.63. The quantitative estimate of drug-likeness (QED) is 0.770. The molecule has 1 aromatic rings. The lowest BCUT2D eigenvalue weighted by atomic mass is 9.94. The van der Waals surface area contributed by atoms with Gasteiger partial charge in [0.2, 0.25) is 0 Å². The van der Waals surface area contributed by atoms with Crippen molar-refractivity contribution in [3.63, 3.8) is 0 Å². The van der Waals surface area contributed by atoms with Crippen LogP contribution in [-0.2, 0) is 11.2 Å². The lowest BCUT2D eigenvalue weighted by Gasteiger charge is -2.22. The van der Waals surface area contributed by atoms with Crippen molar-refractivity contribution in [3.8, 4) is 5.75 Å². The van der Waals surface area contributed by atoms with Gasteiger partial charge in [-0.05, 0) is 50.0 Å².